The number of piperidine rings is 1. The third-order valence-electron chi connectivity index (χ3n) is 8.90. The molecule has 5 rings (SSSR count). The summed E-state index contributed by atoms with van der Waals surface area (Å²) in [5, 5.41) is 6.45. The number of allylic oxidation sites excluding steroid dienone is 4. The van der Waals surface area contributed by atoms with E-state index in [1.807, 2.05) is 63.4 Å². The van der Waals surface area contributed by atoms with Gasteiger partial charge in [0.2, 0.25) is 0 Å². The molecule has 0 atom stereocenters. The maximum atomic E-state index is 13.2. The molecule has 0 unspecified atom stereocenters. The molecule has 1 saturated heterocycles. The number of rotatable bonds is 10. The van der Waals surface area contributed by atoms with Crippen LogP contribution in [0.3, 0.4) is 0 Å². The first-order chi connectivity index (χ1) is 20.9. The molecule has 7 heteroatoms. The summed E-state index contributed by atoms with van der Waals surface area (Å²) in [6, 6.07) is 12.1. The van der Waals surface area contributed by atoms with Crippen LogP contribution in [0.2, 0.25) is 0 Å². The average molecular weight is 597 g/mol. The van der Waals surface area contributed by atoms with Crippen LogP contribution in [0.1, 0.15) is 95.6 Å². The van der Waals surface area contributed by atoms with Crippen molar-refractivity contribution in [1.82, 2.24) is 9.88 Å². The largest absolute Gasteiger partial charge is 0.337 e. The zero-order chi connectivity index (χ0) is 30.3. The smallest absolute Gasteiger partial charge is 0.265 e. The van der Waals surface area contributed by atoms with Gasteiger partial charge in [-0.15, -0.1) is 11.3 Å². The highest BCUT2D eigenvalue weighted by Crippen LogP contribution is 2.32. The number of nitrogens with zero attached hydrogens (tertiary/aromatic N) is 2. The minimum atomic E-state index is -0.0637. The number of carbonyl (C=O) groups is 2. The van der Waals surface area contributed by atoms with E-state index in [2.05, 4.69) is 39.6 Å². The van der Waals surface area contributed by atoms with Gasteiger partial charge in [-0.2, -0.15) is 0 Å². The van der Waals surface area contributed by atoms with Gasteiger partial charge in [0.1, 0.15) is 5.82 Å². The lowest BCUT2D eigenvalue weighted by atomic mass is 9.90. The van der Waals surface area contributed by atoms with Gasteiger partial charge in [-0.05, 0) is 130 Å². The molecule has 1 aliphatic heterocycles. The molecule has 0 radical (unpaired) electrons. The standard InChI is InChI=1S/C36H44N4O2S/c1-5-25(29-12-10-13-30(24(29)4)39-36(42)34-22-27-11-8-9-14-33(27)43-34)21-31(32(41)6-2)38-35-16-15-28(23-37-35)26-17-19-40(7-3)20-18-26/h5,10,12-13,15-16,21-23,26H,6-9,11,14,17-20H2,1-4H3,(H,37,38)(H,39,42)/b25-5+,31-21+. The van der Waals surface area contributed by atoms with Crippen molar-refractivity contribution >= 4 is 40.1 Å². The molecule has 1 aliphatic carbocycles. The van der Waals surface area contributed by atoms with Gasteiger partial charge in [-0.25, -0.2) is 4.98 Å². The third kappa shape index (κ3) is 7.34. The zero-order valence-electron chi connectivity index (χ0n) is 26.0. The van der Waals surface area contributed by atoms with Crippen LogP contribution in [0.5, 0.6) is 0 Å². The van der Waals surface area contributed by atoms with Crippen LogP contribution in [0.15, 0.2) is 60.4 Å². The Kier molecular flexibility index (Phi) is 10.3. The number of aryl methyl sites for hydroxylation is 2. The molecule has 3 aromatic rings. The van der Waals surface area contributed by atoms with Crippen molar-refractivity contribution < 1.29 is 9.59 Å². The summed E-state index contributed by atoms with van der Waals surface area (Å²) in [5.41, 5.74) is 6.71. The lowest BCUT2D eigenvalue weighted by Gasteiger charge is -2.31. The second kappa shape index (κ2) is 14.3. The number of aromatic nitrogens is 1. The minimum Gasteiger partial charge on any atom is -0.337 e. The Balaban J connectivity index is 1.33. The lowest BCUT2D eigenvalue weighted by Crippen LogP contribution is -2.32. The van der Waals surface area contributed by atoms with Crippen LogP contribution in [0.4, 0.5) is 11.5 Å². The molecule has 2 N–H and O–H groups in total. The summed E-state index contributed by atoms with van der Waals surface area (Å²) in [7, 11) is 0. The molecule has 43 heavy (non-hydrogen) atoms. The Morgan fingerprint density at radius 2 is 1.86 bits per heavy atom. The predicted molar refractivity (Wildman–Crippen MR) is 179 cm³/mol. The number of amides is 1. The number of benzene rings is 1. The molecule has 0 spiro atoms. The summed E-state index contributed by atoms with van der Waals surface area (Å²) >= 11 is 1.62. The van der Waals surface area contributed by atoms with Gasteiger partial charge >= 0.3 is 0 Å². The number of carbonyl (C=O) groups excluding carboxylic acids is 2. The van der Waals surface area contributed by atoms with Crippen molar-refractivity contribution in [1.29, 1.82) is 0 Å². The van der Waals surface area contributed by atoms with Crippen LogP contribution < -0.4 is 10.6 Å². The molecule has 3 heterocycles. The molecule has 226 valence electrons. The van der Waals surface area contributed by atoms with Crippen molar-refractivity contribution in [3.63, 3.8) is 0 Å². The number of likely N-dealkylation sites (tertiary alicyclic amines) is 1. The summed E-state index contributed by atoms with van der Waals surface area (Å²) in [6.45, 7) is 11.4. The van der Waals surface area contributed by atoms with Crippen molar-refractivity contribution in [2.45, 2.75) is 78.6 Å². The maximum Gasteiger partial charge on any atom is 0.265 e. The van der Waals surface area contributed by atoms with E-state index in [4.69, 9.17) is 0 Å². The van der Waals surface area contributed by atoms with E-state index >= 15 is 0 Å². The van der Waals surface area contributed by atoms with E-state index in [-0.39, 0.29) is 11.7 Å². The number of Topliss-reactive ketones (excluding diaryl/α,β-unsaturated/α-hetero) is 1. The van der Waals surface area contributed by atoms with Crippen molar-refractivity contribution in [3.05, 3.63) is 92.5 Å². The summed E-state index contributed by atoms with van der Waals surface area (Å²) in [5.74, 6) is 1.15. The van der Waals surface area contributed by atoms with Crippen molar-refractivity contribution in [2.75, 3.05) is 30.3 Å². The van der Waals surface area contributed by atoms with Gasteiger partial charge in [0, 0.05) is 23.2 Å². The van der Waals surface area contributed by atoms with Gasteiger partial charge in [0.05, 0.1) is 10.6 Å². The first-order valence-electron chi connectivity index (χ1n) is 15.8. The SMILES string of the molecule is C/C=C(\C=C(\Nc1ccc(C2CCN(CC)CC2)cn1)C(=O)CC)c1cccc(NC(=O)c2cc3c(s2)CCCC3)c1C. The molecule has 0 saturated carbocycles. The molecular weight excluding hydrogens is 552 g/mol. The van der Waals surface area contributed by atoms with E-state index in [1.54, 1.807) is 11.3 Å². The predicted octanol–water partition coefficient (Wildman–Crippen LogP) is 8.16. The number of ketones is 1. The first kappa shape index (κ1) is 30.9. The fourth-order valence-corrected chi connectivity index (χ4v) is 7.31. The van der Waals surface area contributed by atoms with E-state index in [9.17, 15) is 9.59 Å². The van der Waals surface area contributed by atoms with Crippen LogP contribution in [-0.4, -0.2) is 41.2 Å². The highest BCUT2D eigenvalue weighted by Gasteiger charge is 2.21. The number of hydrogen-bond acceptors (Lipinski definition) is 6. The summed E-state index contributed by atoms with van der Waals surface area (Å²) in [4.78, 5) is 35.6. The number of thiophene rings is 1. The van der Waals surface area contributed by atoms with Gasteiger partial charge in [-0.3, -0.25) is 9.59 Å². The van der Waals surface area contributed by atoms with Crippen LogP contribution >= 0.6 is 11.3 Å². The van der Waals surface area contributed by atoms with Crippen LogP contribution in [-0.2, 0) is 17.6 Å². The first-order valence-corrected chi connectivity index (χ1v) is 16.6. The van der Waals surface area contributed by atoms with Gasteiger partial charge in [0.25, 0.3) is 5.91 Å². The molecular formula is C36H44N4O2S. The highest BCUT2D eigenvalue weighted by atomic mass is 32.1. The number of nitrogens with one attached hydrogen (secondary N) is 2. The Labute approximate surface area is 260 Å². The monoisotopic (exact) mass is 596 g/mol. The normalized spacial score (nSPS) is 16.6. The fraction of sp³-hybridized carbons (Fsp3) is 0.417. The summed E-state index contributed by atoms with van der Waals surface area (Å²) in [6.07, 6.45) is 13.1. The second-order valence-electron chi connectivity index (χ2n) is 11.6. The Bertz CT molecular complexity index is 1490. The zero-order valence-corrected chi connectivity index (χ0v) is 26.8. The molecule has 2 aromatic heterocycles. The summed E-state index contributed by atoms with van der Waals surface area (Å²) < 4.78 is 0. The third-order valence-corrected chi connectivity index (χ3v) is 10.1. The Morgan fingerprint density at radius 3 is 2.53 bits per heavy atom. The van der Waals surface area contributed by atoms with Gasteiger partial charge < -0.3 is 15.5 Å². The topological polar surface area (TPSA) is 74.3 Å². The molecule has 2 aliphatic rings. The van der Waals surface area contributed by atoms with Gasteiger partial charge in [0.15, 0.2) is 5.78 Å². The molecule has 1 aromatic carbocycles. The van der Waals surface area contributed by atoms with Crippen molar-refractivity contribution in [2.24, 2.45) is 0 Å². The number of fused-ring (bicyclic) bond motifs is 1. The highest BCUT2D eigenvalue weighted by molar-refractivity contribution is 7.14. The quantitative estimate of drug-likeness (QED) is 0.182. The molecule has 0 bridgehead atoms. The van der Waals surface area contributed by atoms with Crippen molar-refractivity contribution in [3.8, 4) is 0 Å². The van der Waals surface area contributed by atoms with E-state index < -0.39 is 0 Å². The molecule has 1 amide bonds. The van der Waals surface area contributed by atoms with E-state index in [1.165, 1.54) is 28.8 Å². The fourth-order valence-electron chi connectivity index (χ4n) is 6.16. The number of anilines is 2. The Hall–Kier alpha value is -3.55. The molecule has 1 fully saturated rings. The van der Waals surface area contributed by atoms with E-state index in [0.717, 1.165) is 72.6 Å². The number of pyridine rings is 1. The second-order valence-corrected chi connectivity index (χ2v) is 12.7. The maximum absolute atomic E-state index is 13.2. The lowest BCUT2D eigenvalue weighted by molar-refractivity contribution is -0.115. The molecule has 6 nitrogen and oxygen atoms in total. The van der Waals surface area contributed by atoms with Crippen LogP contribution in [0, 0.1) is 6.92 Å². The average Bonchev–Trinajstić information content (AvgIpc) is 3.49. The van der Waals surface area contributed by atoms with E-state index in [0.29, 0.717) is 23.9 Å². The minimum absolute atomic E-state index is 0.0148. The number of hydrogen-bond donors (Lipinski definition) is 2. The van der Waals surface area contributed by atoms with Gasteiger partial charge in [-0.1, -0.05) is 38.1 Å². The van der Waals surface area contributed by atoms with Crippen LogP contribution in [0.25, 0.3) is 5.57 Å². The Morgan fingerprint density at radius 1 is 1.07 bits per heavy atom.